The van der Waals surface area contributed by atoms with E-state index in [1.54, 1.807) is 11.1 Å². The zero-order chi connectivity index (χ0) is 11.1. The fraction of sp³-hybridized carbons (Fsp3) is 0.600. The van der Waals surface area contributed by atoms with Crippen molar-refractivity contribution >= 4 is 15.9 Å². The zero-order valence-corrected chi connectivity index (χ0v) is 11.4. The lowest BCUT2D eigenvalue weighted by atomic mass is 9.85. The molecular formula is C15H19Br. The van der Waals surface area contributed by atoms with Gasteiger partial charge in [-0.1, -0.05) is 47.1 Å². The molecule has 2 aliphatic carbocycles. The molecule has 3 rings (SSSR count). The Hall–Kier alpha value is -0.300. The van der Waals surface area contributed by atoms with Gasteiger partial charge in [0.05, 0.1) is 0 Å². The van der Waals surface area contributed by atoms with Gasteiger partial charge in [0, 0.05) is 4.83 Å². The van der Waals surface area contributed by atoms with E-state index >= 15 is 0 Å². The van der Waals surface area contributed by atoms with E-state index in [9.17, 15) is 0 Å². The van der Waals surface area contributed by atoms with Crippen molar-refractivity contribution in [2.45, 2.75) is 37.4 Å². The number of fused-ring (bicyclic) bond motifs is 3. The van der Waals surface area contributed by atoms with Crippen LogP contribution >= 0.6 is 15.9 Å². The summed E-state index contributed by atoms with van der Waals surface area (Å²) in [5, 5.41) is 0. The molecule has 1 aromatic carbocycles. The lowest BCUT2D eigenvalue weighted by Gasteiger charge is -2.24. The number of alkyl halides is 1. The molecule has 3 unspecified atom stereocenters. The minimum atomic E-state index is 0.680. The molecule has 0 spiro atoms. The third kappa shape index (κ3) is 1.73. The molecule has 0 aromatic heterocycles. The minimum absolute atomic E-state index is 0.680. The van der Waals surface area contributed by atoms with Gasteiger partial charge in [-0.05, 0) is 54.6 Å². The summed E-state index contributed by atoms with van der Waals surface area (Å²) in [5.74, 6) is 2.73. The maximum absolute atomic E-state index is 3.84. The van der Waals surface area contributed by atoms with Gasteiger partial charge in [0.1, 0.15) is 0 Å². The smallest absolute Gasteiger partial charge is 0.0151 e. The predicted molar refractivity (Wildman–Crippen MR) is 71.9 cm³/mol. The highest BCUT2D eigenvalue weighted by Crippen LogP contribution is 2.47. The number of halogens is 1. The summed E-state index contributed by atoms with van der Waals surface area (Å²) >= 11 is 3.84. The van der Waals surface area contributed by atoms with Crippen LogP contribution in [0.25, 0.3) is 0 Å². The molecule has 86 valence electrons. The van der Waals surface area contributed by atoms with E-state index in [-0.39, 0.29) is 0 Å². The third-order valence-corrected chi connectivity index (χ3v) is 5.22. The standard InChI is InChI=1S/C15H19Br/c1-10(16)15-13-6-7-14(15)9-12-5-3-2-4-11(12)8-13/h2-5,10,13-15H,6-9H2,1H3. The highest BCUT2D eigenvalue weighted by molar-refractivity contribution is 9.09. The van der Waals surface area contributed by atoms with Crippen molar-refractivity contribution in [1.82, 2.24) is 0 Å². The van der Waals surface area contributed by atoms with E-state index in [4.69, 9.17) is 0 Å². The average molecular weight is 279 g/mol. The van der Waals surface area contributed by atoms with Crippen LogP contribution in [-0.2, 0) is 12.8 Å². The molecule has 16 heavy (non-hydrogen) atoms. The maximum Gasteiger partial charge on any atom is 0.0151 e. The normalized spacial score (nSPS) is 34.2. The van der Waals surface area contributed by atoms with Gasteiger partial charge >= 0.3 is 0 Å². The van der Waals surface area contributed by atoms with Gasteiger partial charge < -0.3 is 0 Å². The van der Waals surface area contributed by atoms with E-state index in [2.05, 4.69) is 47.1 Å². The Morgan fingerprint density at radius 2 is 1.56 bits per heavy atom. The topological polar surface area (TPSA) is 0 Å². The SMILES string of the molecule is CC(Br)C1C2CCC1Cc1ccccc1C2. The lowest BCUT2D eigenvalue weighted by Crippen LogP contribution is -2.23. The summed E-state index contributed by atoms with van der Waals surface area (Å²) in [6, 6.07) is 9.08. The quantitative estimate of drug-likeness (QED) is 0.675. The van der Waals surface area contributed by atoms with Gasteiger partial charge in [-0.2, -0.15) is 0 Å². The van der Waals surface area contributed by atoms with Crippen LogP contribution in [0.2, 0.25) is 0 Å². The first-order chi connectivity index (χ1) is 7.75. The molecule has 1 aromatic rings. The molecule has 0 amide bonds. The summed E-state index contributed by atoms with van der Waals surface area (Å²) in [4.78, 5) is 0.680. The molecule has 0 nitrogen and oxygen atoms in total. The molecule has 1 saturated carbocycles. The monoisotopic (exact) mass is 278 g/mol. The van der Waals surface area contributed by atoms with Crippen molar-refractivity contribution in [2.75, 3.05) is 0 Å². The molecule has 0 radical (unpaired) electrons. The molecule has 2 aliphatic rings. The summed E-state index contributed by atoms with van der Waals surface area (Å²) in [6.07, 6.45) is 5.51. The second kappa shape index (κ2) is 4.18. The Morgan fingerprint density at radius 3 is 2.00 bits per heavy atom. The zero-order valence-electron chi connectivity index (χ0n) is 9.83. The van der Waals surface area contributed by atoms with Crippen molar-refractivity contribution in [1.29, 1.82) is 0 Å². The first-order valence-electron chi connectivity index (χ1n) is 6.46. The fourth-order valence-electron chi connectivity index (χ4n) is 3.95. The van der Waals surface area contributed by atoms with Gasteiger partial charge in [0.2, 0.25) is 0 Å². The molecular weight excluding hydrogens is 260 g/mol. The number of rotatable bonds is 1. The lowest BCUT2D eigenvalue weighted by molar-refractivity contribution is 0.321. The average Bonchev–Trinajstić information content (AvgIpc) is 2.55. The molecule has 1 heteroatoms. The van der Waals surface area contributed by atoms with Crippen LogP contribution in [-0.4, -0.2) is 4.83 Å². The Balaban J connectivity index is 1.96. The Kier molecular flexibility index (Phi) is 2.83. The fourth-order valence-corrected chi connectivity index (χ4v) is 4.81. The second-order valence-electron chi connectivity index (χ2n) is 5.53. The molecule has 0 aliphatic heterocycles. The summed E-state index contributed by atoms with van der Waals surface area (Å²) in [7, 11) is 0. The van der Waals surface area contributed by atoms with Gasteiger partial charge in [-0.15, -0.1) is 0 Å². The maximum atomic E-state index is 3.84. The number of hydrogen-bond acceptors (Lipinski definition) is 0. The van der Waals surface area contributed by atoms with E-state index in [1.807, 2.05) is 0 Å². The van der Waals surface area contributed by atoms with Crippen LogP contribution in [0.4, 0.5) is 0 Å². The van der Waals surface area contributed by atoms with Gasteiger partial charge in [-0.3, -0.25) is 0 Å². The largest absolute Gasteiger partial charge is 0.0890 e. The van der Waals surface area contributed by atoms with E-state index in [0.717, 1.165) is 17.8 Å². The van der Waals surface area contributed by atoms with Crippen molar-refractivity contribution in [2.24, 2.45) is 17.8 Å². The van der Waals surface area contributed by atoms with Gasteiger partial charge in [0.15, 0.2) is 0 Å². The summed E-state index contributed by atoms with van der Waals surface area (Å²) in [5.41, 5.74) is 3.24. The van der Waals surface area contributed by atoms with Crippen LogP contribution in [0.5, 0.6) is 0 Å². The minimum Gasteiger partial charge on any atom is -0.0890 e. The predicted octanol–water partition coefficient (Wildman–Crippen LogP) is 4.21. The van der Waals surface area contributed by atoms with E-state index < -0.39 is 0 Å². The van der Waals surface area contributed by atoms with Crippen molar-refractivity contribution in [3.8, 4) is 0 Å². The van der Waals surface area contributed by atoms with Crippen LogP contribution in [0.1, 0.15) is 30.9 Å². The van der Waals surface area contributed by atoms with E-state index in [1.165, 1.54) is 25.7 Å². The van der Waals surface area contributed by atoms with Crippen LogP contribution in [0, 0.1) is 17.8 Å². The number of hydrogen-bond donors (Lipinski definition) is 0. The molecule has 3 atom stereocenters. The van der Waals surface area contributed by atoms with Gasteiger partial charge in [-0.25, -0.2) is 0 Å². The van der Waals surface area contributed by atoms with E-state index in [0.29, 0.717) is 4.83 Å². The van der Waals surface area contributed by atoms with Crippen molar-refractivity contribution in [3.63, 3.8) is 0 Å². The Bertz CT molecular complexity index is 350. The summed E-state index contributed by atoms with van der Waals surface area (Å²) < 4.78 is 0. The first kappa shape index (κ1) is 10.8. The third-order valence-electron chi connectivity index (χ3n) is 4.61. The Morgan fingerprint density at radius 1 is 1.06 bits per heavy atom. The summed E-state index contributed by atoms with van der Waals surface area (Å²) in [6.45, 7) is 2.34. The second-order valence-corrected chi connectivity index (χ2v) is 6.97. The van der Waals surface area contributed by atoms with Crippen LogP contribution in [0.15, 0.2) is 24.3 Å². The molecule has 1 fully saturated rings. The molecule has 0 N–H and O–H groups in total. The molecule has 0 saturated heterocycles. The van der Waals surface area contributed by atoms with Crippen LogP contribution in [0.3, 0.4) is 0 Å². The van der Waals surface area contributed by atoms with Gasteiger partial charge in [0.25, 0.3) is 0 Å². The van der Waals surface area contributed by atoms with Crippen molar-refractivity contribution in [3.05, 3.63) is 35.4 Å². The van der Waals surface area contributed by atoms with Crippen molar-refractivity contribution < 1.29 is 0 Å². The Labute approximate surface area is 107 Å². The molecule has 2 bridgehead atoms. The highest BCUT2D eigenvalue weighted by atomic mass is 79.9. The van der Waals surface area contributed by atoms with Crippen LogP contribution < -0.4 is 0 Å². The first-order valence-corrected chi connectivity index (χ1v) is 7.38. The highest BCUT2D eigenvalue weighted by Gasteiger charge is 2.40. The number of benzene rings is 1. The molecule has 0 heterocycles.